The number of imidazole rings is 1. The molecule has 0 radical (unpaired) electrons. The highest BCUT2D eigenvalue weighted by molar-refractivity contribution is 7.96. The molecule has 4 rings (SSSR count). The molecule has 0 saturated carbocycles. The normalized spacial score (nSPS) is 23.8. The average molecular weight is 468 g/mol. The van der Waals surface area contributed by atoms with Gasteiger partial charge in [0.15, 0.2) is 5.16 Å². The van der Waals surface area contributed by atoms with Crippen molar-refractivity contribution in [1.29, 1.82) is 0 Å². The van der Waals surface area contributed by atoms with Crippen LogP contribution in [0.4, 0.5) is 13.6 Å². The van der Waals surface area contributed by atoms with Crippen LogP contribution in [0.5, 0.6) is 0 Å². The van der Waals surface area contributed by atoms with Crippen LogP contribution >= 0.6 is 11.9 Å². The first-order valence-corrected chi connectivity index (χ1v) is 11.3. The van der Waals surface area contributed by atoms with Gasteiger partial charge in [-0.1, -0.05) is 0 Å². The summed E-state index contributed by atoms with van der Waals surface area (Å²) in [5.74, 6) is -1.15. The fourth-order valence-electron chi connectivity index (χ4n) is 4.15. The highest BCUT2D eigenvalue weighted by Gasteiger charge is 2.40. The summed E-state index contributed by atoms with van der Waals surface area (Å²) in [4.78, 5) is 22.3. The third kappa shape index (κ3) is 5.06. The Morgan fingerprint density at radius 1 is 1.38 bits per heavy atom. The molecular formula is C21H27F2N5O3S. The average Bonchev–Trinajstić information content (AvgIpc) is 3.27. The maximum atomic E-state index is 14.5. The summed E-state index contributed by atoms with van der Waals surface area (Å²) in [6, 6.07) is 2.57. The van der Waals surface area contributed by atoms with Gasteiger partial charge < -0.3 is 19.8 Å². The lowest BCUT2D eigenvalue weighted by Crippen LogP contribution is -2.52. The Morgan fingerprint density at radius 2 is 2.16 bits per heavy atom. The number of halogens is 2. The molecular weight excluding hydrogens is 440 g/mol. The van der Waals surface area contributed by atoms with Crippen LogP contribution in [0.1, 0.15) is 50.2 Å². The van der Waals surface area contributed by atoms with Crippen molar-refractivity contribution in [1.82, 2.24) is 20.2 Å². The first-order valence-electron chi connectivity index (χ1n) is 10.4. The van der Waals surface area contributed by atoms with Crippen LogP contribution in [0.3, 0.4) is 0 Å². The number of benzene rings is 1. The Hall–Kier alpha value is -2.21. The fraction of sp³-hybridized carbons (Fsp3) is 0.524. The molecule has 4 N–H and O–H groups in total. The zero-order valence-corrected chi connectivity index (χ0v) is 19.0. The smallest absolute Gasteiger partial charge is 0.407 e. The summed E-state index contributed by atoms with van der Waals surface area (Å²) in [6.07, 6.45) is -0.998. The number of nitrogens with one attached hydrogen (secondary N) is 2. The molecule has 2 aromatic rings. The van der Waals surface area contributed by atoms with Crippen LogP contribution in [0.2, 0.25) is 0 Å². The summed E-state index contributed by atoms with van der Waals surface area (Å²) in [7, 11) is 0. The van der Waals surface area contributed by atoms with Gasteiger partial charge >= 0.3 is 6.09 Å². The molecule has 0 unspecified atom stereocenters. The van der Waals surface area contributed by atoms with Crippen molar-refractivity contribution in [2.45, 2.75) is 69.2 Å². The van der Waals surface area contributed by atoms with Crippen LogP contribution in [-0.2, 0) is 22.6 Å². The van der Waals surface area contributed by atoms with Gasteiger partial charge in [-0.15, -0.1) is 0 Å². The van der Waals surface area contributed by atoms with Crippen LogP contribution < -0.4 is 10.5 Å². The molecule has 2 aliphatic rings. The molecule has 1 amide bonds. The number of fused-ring (bicyclic) bond motifs is 1. The maximum Gasteiger partial charge on any atom is 0.407 e. The van der Waals surface area contributed by atoms with Gasteiger partial charge in [0.1, 0.15) is 23.3 Å². The van der Waals surface area contributed by atoms with Gasteiger partial charge in [-0.05, 0) is 57.3 Å². The van der Waals surface area contributed by atoms with E-state index in [1.54, 1.807) is 20.8 Å². The van der Waals surface area contributed by atoms with E-state index in [0.29, 0.717) is 31.3 Å². The Bertz CT molecular complexity index is 973. The van der Waals surface area contributed by atoms with Crippen molar-refractivity contribution in [3.8, 4) is 0 Å². The maximum absolute atomic E-state index is 14.5. The largest absolute Gasteiger partial charge is 0.444 e. The van der Waals surface area contributed by atoms with Gasteiger partial charge in [0.05, 0.1) is 24.0 Å². The zero-order valence-electron chi connectivity index (χ0n) is 18.2. The Kier molecular flexibility index (Phi) is 6.44. The number of H-pyrrole nitrogens is 1. The molecule has 3 heterocycles. The monoisotopic (exact) mass is 467 g/mol. The molecule has 8 nitrogen and oxygen atoms in total. The van der Waals surface area contributed by atoms with Gasteiger partial charge in [-0.2, -0.15) is 0 Å². The molecule has 0 spiro atoms. The summed E-state index contributed by atoms with van der Waals surface area (Å²) >= 11 is 1.06. The van der Waals surface area contributed by atoms with Crippen LogP contribution in [0, 0.1) is 11.6 Å². The van der Waals surface area contributed by atoms with Crippen molar-refractivity contribution in [2.24, 2.45) is 5.14 Å². The lowest BCUT2D eigenvalue weighted by Gasteiger charge is -2.40. The van der Waals surface area contributed by atoms with E-state index in [9.17, 15) is 13.6 Å². The van der Waals surface area contributed by atoms with Crippen LogP contribution in [-0.4, -0.2) is 45.3 Å². The molecule has 3 atom stereocenters. The second kappa shape index (κ2) is 8.97. The predicted octanol–water partition coefficient (Wildman–Crippen LogP) is 3.39. The molecule has 1 fully saturated rings. The number of nitrogens with zero attached hydrogens (tertiary/aromatic N) is 2. The molecule has 0 bridgehead atoms. The second-order valence-electron chi connectivity index (χ2n) is 9.05. The predicted molar refractivity (Wildman–Crippen MR) is 114 cm³/mol. The minimum Gasteiger partial charge on any atom is -0.444 e. The quantitative estimate of drug-likeness (QED) is 0.592. The van der Waals surface area contributed by atoms with E-state index in [2.05, 4.69) is 20.2 Å². The first-order chi connectivity index (χ1) is 15.1. The molecule has 1 saturated heterocycles. The number of carbonyl (C=O) groups excluding carboxylic acids is 1. The van der Waals surface area contributed by atoms with Gasteiger partial charge in [0.2, 0.25) is 0 Å². The van der Waals surface area contributed by atoms with Crippen LogP contribution in [0.15, 0.2) is 23.4 Å². The fourth-order valence-corrected chi connectivity index (χ4v) is 4.49. The van der Waals surface area contributed by atoms with E-state index >= 15 is 0 Å². The zero-order chi connectivity index (χ0) is 23.0. The van der Waals surface area contributed by atoms with Gasteiger partial charge in [0, 0.05) is 24.7 Å². The number of aromatic amines is 1. The second-order valence-corrected chi connectivity index (χ2v) is 9.67. The number of nitrogens with two attached hydrogens (primary N) is 1. The summed E-state index contributed by atoms with van der Waals surface area (Å²) in [5.41, 5.74) is 1.30. The minimum absolute atomic E-state index is 0.0561. The Labute approximate surface area is 189 Å². The third-order valence-corrected chi connectivity index (χ3v) is 5.93. The van der Waals surface area contributed by atoms with Gasteiger partial charge in [-0.3, -0.25) is 10.0 Å². The molecule has 2 aliphatic heterocycles. The number of ether oxygens (including phenoxy) is 2. The lowest BCUT2D eigenvalue weighted by atomic mass is 9.92. The van der Waals surface area contributed by atoms with E-state index in [-0.39, 0.29) is 11.6 Å². The minimum atomic E-state index is -0.840. The van der Waals surface area contributed by atoms with E-state index in [0.717, 1.165) is 41.5 Å². The summed E-state index contributed by atoms with van der Waals surface area (Å²) in [5, 5.41) is 9.05. The van der Waals surface area contributed by atoms with Crippen molar-refractivity contribution < 1.29 is 23.0 Å². The summed E-state index contributed by atoms with van der Waals surface area (Å²) < 4.78 is 39.8. The van der Waals surface area contributed by atoms with Crippen LogP contribution in [0.25, 0.3) is 0 Å². The van der Waals surface area contributed by atoms with E-state index in [4.69, 9.17) is 14.6 Å². The topological polar surface area (TPSA) is 106 Å². The number of aromatic nitrogens is 2. The van der Waals surface area contributed by atoms with Crippen molar-refractivity contribution in [3.05, 3.63) is 46.8 Å². The molecule has 174 valence electrons. The molecule has 0 aliphatic carbocycles. The summed E-state index contributed by atoms with van der Waals surface area (Å²) in [6.45, 7) is 6.82. The Balaban J connectivity index is 1.52. The highest BCUT2D eigenvalue weighted by Crippen LogP contribution is 2.35. The number of hydrogen-bond donors (Lipinski definition) is 3. The number of hydrogen-bond acceptors (Lipinski definition) is 7. The van der Waals surface area contributed by atoms with E-state index in [1.165, 1.54) is 0 Å². The molecule has 11 heteroatoms. The first kappa shape index (κ1) is 23.0. The lowest BCUT2D eigenvalue weighted by molar-refractivity contribution is -0.0630. The number of alkyl carbamates (subject to hydrolysis) is 1. The highest BCUT2D eigenvalue weighted by atomic mass is 32.2. The number of amides is 1. The molecule has 1 aromatic heterocycles. The van der Waals surface area contributed by atoms with E-state index < -0.39 is 35.5 Å². The third-order valence-electron chi connectivity index (χ3n) is 5.51. The van der Waals surface area contributed by atoms with Crippen molar-refractivity contribution >= 4 is 18.0 Å². The van der Waals surface area contributed by atoms with Gasteiger partial charge in [-0.25, -0.2) is 18.6 Å². The van der Waals surface area contributed by atoms with E-state index in [1.807, 2.05) is 0 Å². The Morgan fingerprint density at radius 3 is 2.84 bits per heavy atom. The number of rotatable bonds is 4. The van der Waals surface area contributed by atoms with Gasteiger partial charge in [0.25, 0.3) is 0 Å². The van der Waals surface area contributed by atoms with Crippen molar-refractivity contribution in [3.63, 3.8) is 0 Å². The van der Waals surface area contributed by atoms with Crippen molar-refractivity contribution in [2.75, 3.05) is 6.61 Å². The standard InChI is InChI=1S/C21H27F2N5O3S/c1-21(2,3)31-20(29)27-15-7-12(28-8-16-17(9-28)26-19(25-16)32-24)10-30-18(15)13-6-11(22)4-5-14(13)23/h4-6,12,15,18H,7-10,24H2,1-3H3,(H,25,26)(H,27,29)/t12-,15+,18-/m1/s1. The number of carbonyl (C=O) groups is 1. The molecule has 1 aromatic carbocycles. The molecule has 32 heavy (non-hydrogen) atoms. The SMILES string of the molecule is CC(C)(C)OC(=O)N[C@H]1C[C@@H](N2Cc3nc(SN)[nH]c3C2)CO[C@@H]1c1cc(F)ccc1F.